The van der Waals surface area contributed by atoms with Crippen LogP contribution in [0, 0.1) is 11.8 Å². The second-order valence-electron chi connectivity index (χ2n) is 6.49. The fraction of sp³-hybridized carbons (Fsp3) is 0.529. The monoisotopic (exact) mass is 304 g/mol. The van der Waals surface area contributed by atoms with E-state index in [9.17, 15) is 9.59 Å². The number of hydrogen-bond acceptors (Lipinski definition) is 2. The molecule has 0 aliphatic carbocycles. The lowest BCUT2D eigenvalue weighted by molar-refractivity contribution is -0.904. The number of piperidine rings is 1. The van der Waals surface area contributed by atoms with Gasteiger partial charge in [0.25, 0.3) is 11.8 Å². The summed E-state index contributed by atoms with van der Waals surface area (Å²) in [4.78, 5) is 25.2. The number of carbonyl (C=O) groups is 2. The Labute approximate surface area is 132 Å². The van der Waals surface area contributed by atoms with Crippen LogP contribution in [0.4, 0.5) is 5.69 Å². The number of hydrogen-bond donors (Lipinski definition) is 3. The van der Waals surface area contributed by atoms with Crippen molar-refractivity contribution < 1.29 is 14.5 Å². The third-order valence-corrected chi connectivity index (χ3v) is 4.13. The molecule has 22 heavy (non-hydrogen) atoms. The number of benzene rings is 1. The molecule has 1 aromatic rings. The molecule has 5 heteroatoms. The molecule has 0 saturated carbocycles. The van der Waals surface area contributed by atoms with E-state index >= 15 is 0 Å². The zero-order valence-corrected chi connectivity index (χ0v) is 13.6. The molecule has 5 nitrogen and oxygen atoms in total. The molecular formula is C17H26N3O2+. The summed E-state index contributed by atoms with van der Waals surface area (Å²) >= 11 is 0. The summed E-state index contributed by atoms with van der Waals surface area (Å²) in [7, 11) is 1.59. The molecule has 2 atom stereocenters. The second kappa shape index (κ2) is 7.40. The average molecular weight is 304 g/mol. The molecule has 0 aromatic heterocycles. The number of rotatable bonds is 4. The van der Waals surface area contributed by atoms with Gasteiger partial charge in [-0.15, -0.1) is 0 Å². The van der Waals surface area contributed by atoms with E-state index in [1.807, 2.05) is 0 Å². The van der Waals surface area contributed by atoms with Crippen molar-refractivity contribution in [1.82, 2.24) is 5.32 Å². The van der Waals surface area contributed by atoms with Crippen LogP contribution in [-0.2, 0) is 4.79 Å². The van der Waals surface area contributed by atoms with Gasteiger partial charge in [-0.2, -0.15) is 0 Å². The fourth-order valence-electron chi connectivity index (χ4n) is 3.38. The van der Waals surface area contributed by atoms with Gasteiger partial charge in [0, 0.05) is 30.1 Å². The van der Waals surface area contributed by atoms with Crippen molar-refractivity contribution in [1.29, 1.82) is 0 Å². The number of amides is 2. The molecule has 0 spiro atoms. The van der Waals surface area contributed by atoms with Crippen molar-refractivity contribution in [2.24, 2.45) is 11.8 Å². The summed E-state index contributed by atoms with van der Waals surface area (Å²) in [6.45, 7) is 7.09. The second-order valence-corrected chi connectivity index (χ2v) is 6.49. The topological polar surface area (TPSA) is 62.6 Å². The van der Waals surface area contributed by atoms with E-state index in [4.69, 9.17) is 0 Å². The summed E-state index contributed by atoms with van der Waals surface area (Å²) in [5.41, 5.74) is 1.22. The molecule has 1 aliphatic heterocycles. The predicted octanol–water partition coefficient (Wildman–Crippen LogP) is 0.546. The first-order valence-corrected chi connectivity index (χ1v) is 7.93. The highest BCUT2D eigenvalue weighted by Crippen LogP contribution is 2.12. The molecule has 1 heterocycles. The molecule has 1 saturated heterocycles. The van der Waals surface area contributed by atoms with Crippen molar-refractivity contribution in [2.75, 3.05) is 32.0 Å². The highest BCUT2D eigenvalue weighted by Gasteiger charge is 2.26. The van der Waals surface area contributed by atoms with Crippen LogP contribution in [0.3, 0.4) is 0 Å². The van der Waals surface area contributed by atoms with Gasteiger partial charge in [0.05, 0.1) is 13.1 Å². The fourth-order valence-corrected chi connectivity index (χ4v) is 3.38. The smallest absolute Gasteiger partial charge is 0.279 e. The standard InChI is InChI=1S/C17H25N3O2/c1-12-7-13(2)10-20(9-12)11-16(21)19-15-6-4-5-14(8-15)17(22)18-3/h4-6,8,12-13H,7,9-11H2,1-3H3,(H,18,22)(H,19,21)/p+1/t12-,13-/m0/s1. The van der Waals surface area contributed by atoms with Crippen LogP contribution in [-0.4, -0.2) is 38.5 Å². The predicted molar refractivity (Wildman–Crippen MR) is 87.0 cm³/mol. The van der Waals surface area contributed by atoms with Crippen molar-refractivity contribution in [3.05, 3.63) is 29.8 Å². The highest BCUT2D eigenvalue weighted by atomic mass is 16.2. The van der Waals surface area contributed by atoms with Gasteiger partial charge in [0.15, 0.2) is 6.54 Å². The van der Waals surface area contributed by atoms with E-state index < -0.39 is 0 Å². The summed E-state index contributed by atoms with van der Waals surface area (Å²) in [6, 6.07) is 7.01. The van der Waals surface area contributed by atoms with Gasteiger partial charge in [-0.3, -0.25) is 9.59 Å². The number of carbonyl (C=O) groups excluding carboxylic acids is 2. The molecule has 1 aliphatic rings. The lowest BCUT2D eigenvalue weighted by Gasteiger charge is -2.31. The zero-order chi connectivity index (χ0) is 16.1. The van der Waals surface area contributed by atoms with E-state index in [2.05, 4.69) is 24.5 Å². The normalized spacial score (nSPS) is 24.6. The number of nitrogens with one attached hydrogen (secondary N) is 3. The van der Waals surface area contributed by atoms with Gasteiger partial charge >= 0.3 is 0 Å². The van der Waals surface area contributed by atoms with Gasteiger partial charge in [-0.05, 0) is 24.6 Å². The molecule has 1 aromatic carbocycles. The van der Waals surface area contributed by atoms with Crippen LogP contribution in [0.15, 0.2) is 24.3 Å². The molecule has 1 fully saturated rings. The Hall–Kier alpha value is -1.88. The number of anilines is 1. The Bertz CT molecular complexity index is 534. The molecule has 0 bridgehead atoms. The van der Waals surface area contributed by atoms with Crippen molar-refractivity contribution in [3.63, 3.8) is 0 Å². The SMILES string of the molecule is CNC(=O)c1cccc(NC(=O)C[NH+]2C[C@@H](C)C[C@H](C)C2)c1. The molecule has 0 unspecified atom stereocenters. The maximum absolute atomic E-state index is 12.2. The first-order chi connectivity index (χ1) is 10.5. The van der Waals surface area contributed by atoms with Gasteiger partial charge < -0.3 is 15.5 Å². The Morgan fingerprint density at radius 2 is 1.91 bits per heavy atom. The lowest BCUT2D eigenvalue weighted by atomic mass is 9.92. The summed E-state index contributed by atoms with van der Waals surface area (Å²) in [6.07, 6.45) is 1.25. The minimum Gasteiger partial charge on any atom is -0.355 e. The summed E-state index contributed by atoms with van der Waals surface area (Å²) < 4.78 is 0. The highest BCUT2D eigenvalue weighted by molar-refractivity contribution is 5.97. The van der Waals surface area contributed by atoms with Crippen LogP contribution in [0.2, 0.25) is 0 Å². The first-order valence-electron chi connectivity index (χ1n) is 7.93. The maximum Gasteiger partial charge on any atom is 0.279 e. The third kappa shape index (κ3) is 4.56. The molecular weight excluding hydrogens is 278 g/mol. The average Bonchev–Trinajstić information content (AvgIpc) is 2.45. The minimum atomic E-state index is -0.152. The Morgan fingerprint density at radius 3 is 2.55 bits per heavy atom. The summed E-state index contributed by atoms with van der Waals surface area (Å²) in [5.74, 6) is 1.19. The summed E-state index contributed by atoms with van der Waals surface area (Å²) in [5, 5.41) is 5.48. The van der Waals surface area contributed by atoms with Crippen LogP contribution < -0.4 is 15.5 Å². The Morgan fingerprint density at radius 1 is 1.23 bits per heavy atom. The van der Waals surface area contributed by atoms with Crippen molar-refractivity contribution >= 4 is 17.5 Å². The van der Waals surface area contributed by atoms with Crippen molar-refractivity contribution in [3.8, 4) is 0 Å². The number of quaternary nitrogens is 1. The minimum absolute atomic E-state index is 0.00496. The maximum atomic E-state index is 12.2. The molecule has 3 N–H and O–H groups in total. The molecule has 2 rings (SSSR count). The van der Waals surface area contributed by atoms with Crippen LogP contribution in [0.25, 0.3) is 0 Å². The van der Waals surface area contributed by atoms with Crippen molar-refractivity contribution in [2.45, 2.75) is 20.3 Å². The van der Waals surface area contributed by atoms with E-state index in [0.29, 0.717) is 29.6 Å². The molecule has 2 amide bonds. The van der Waals surface area contributed by atoms with E-state index in [1.54, 1.807) is 31.3 Å². The van der Waals surface area contributed by atoms with Gasteiger partial charge in [-0.1, -0.05) is 19.9 Å². The van der Waals surface area contributed by atoms with Gasteiger partial charge in [0.1, 0.15) is 0 Å². The van der Waals surface area contributed by atoms with E-state index in [1.165, 1.54) is 11.3 Å². The van der Waals surface area contributed by atoms with Crippen LogP contribution in [0.1, 0.15) is 30.6 Å². The Balaban J connectivity index is 1.93. The van der Waals surface area contributed by atoms with Gasteiger partial charge in [-0.25, -0.2) is 0 Å². The third-order valence-electron chi connectivity index (χ3n) is 4.13. The quantitative estimate of drug-likeness (QED) is 0.760. The van der Waals surface area contributed by atoms with E-state index in [0.717, 1.165) is 13.1 Å². The first kappa shape index (κ1) is 16.5. The lowest BCUT2D eigenvalue weighted by Crippen LogP contribution is -3.15. The number of likely N-dealkylation sites (tertiary alicyclic amines) is 1. The zero-order valence-electron chi connectivity index (χ0n) is 13.6. The Kier molecular flexibility index (Phi) is 5.55. The molecule has 0 radical (unpaired) electrons. The van der Waals surface area contributed by atoms with Gasteiger partial charge in [0.2, 0.25) is 0 Å². The van der Waals surface area contributed by atoms with E-state index in [-0.39, 0.29) is 11.8 Å². The van der Waals surface area contributed by atoms with Crippen LogP contribution in [0.5, 0.6) is 0 Å². The molecule has 120 valence electrons. The van der Waals surface area contributed by atoms with Crippen LogP contribution >= 0.6 is 0 Å². The largest absolute Gasteiger partial charge is 0.355 e.